The summed E-state index contributed by atoms with van der Waals surface area (Å²) in [5.74, 6) is 0.460. The number of nitrogens with zero attached hydrogens (tertiary/aromatic N) is 5. The van der Waals surface area contributed by atoms with Crippen LogP contribution in [0.15, 0.2) is 36.9 Å². The average Bonchev–Trinajstić information content (AvgIpc) is 2.98. The second-order valence-electron chi connectivity index (χ2n) is 6.17. The van der Waals surface area contributed by atoms with Crippen molar-refractivity contribution in [3.8, 4) is 0 Å². The zero-order chi connectivity index (χ0) is 17.4. The third-order valence-electron chi connectivity index (χ3n) is 4.57. The Morgan fingerprint density at radius 1 is 1.20 bits per heavy atom. The molecule has 3 aromatic rings. The fraction of sp³-hybridized carbons (Fsp3) is 0.294. The molecule has 7 nitrogen and oxygen atoms in total. The fourth-order valence-corrected chi connectivity index (χ4v) is 3.06. The fourth-order valence-electron chi connectivity index (χ4n) is 3.06. The molecular weight excluding hydrogens is 323 g/mol. The van der Waals surface area contributed by atoms with Crippen molar-refractivity contribution in [2.24, 2.45) is 0 Å². The molecule has 128 valence electrons. The van der Waals surface area contributed by atoms with Crippen molar-refractivity contribution in [3.05, 3.63) is 48.3 Å². The summed E-state index contributed by atoms with van der Waals surface area (Å²) in [6.45, 7) is 1.83. The summed E-state index contributed by atoms with van der Waals surface area (Å²) in [7, 11) is 0. The highest BCUT2D eigenvalue weighted by Crippen LogP contribution is 2.27. The number of hydrogen-bond donors (Lipinski definition) is 1. The van der Waals surface area contributed by atoms with Crippen molar-refractivity contribution in [2.45, 2.75) is 18.9 Å². The van der Waals surface area contributed by atoms with Crippen LogP contribution in [0, 0.1) is 5.82 Å². The standard InChI is InChI=1S/C17H17FN6O/c18-13-3-1-11(2-4-13)12-7-24(8-12)14(25)5-6-23-10-22-15-16(19)20-9-21-17(15)23/h1-4,9-10,12H,5-8H2,(H2,19,20,21). The second kappa shape index (κ2) is 6.12. The molecule has 1 amide bonds. The van der Waals surface area contributed by atoms with Crippen LogP contribution in [-0.2, 0) is 11.3 Å². The second-order valence-corrected chi connectivity index (χ2v) is 6.17. The Bertz CT molecular complexity index is 917. The smallest absolute Gasteiger partial charge is 0.224 e. The molecule has 2 aromatic heterocycles. The van der Waals surface area contributed by atoms with E-state index in [1.54, 1.807) is 18.5 Å². The molecular formula is C17H17FN6O. The number of rotatable bonds is 4. The predicted octanol–water partition coefficient (Wildman–Crippen LogP) is 1.56. The Labute approximate surface area is 143 Å². The van der Waals surface area contributed by atoms with E-state index in [2.05, 4.69) is 15.0 Å². The summed E-state index contributed by atoms with van der Waals surface area (Å²) < 4.78 is 14.8. The molecule has 3 heterocycles. The van der Waals surface area contributed by atoms with E-state index in [0.29, 0.717) is 43.0 Å². The first-order valence-corrected chi connectivity index (χ1v) is 8.06. The Morgan fingerprint density at radius 2 is 1.96 bits per heavy atom. The molecule has 1 aromatic carbocycles. The van der Waals surface area contributed by atoms with E-state index >= 15 is 0 Å². The van der Waals surface area contributed by atoms with Gasteiger partial charge in [0.25, 0.3) is 0 Å². The van der Waals surface area contributed by atoms with Crippen molar-refractivity contribution in [1.29, 1.82) is 0 Å². The highest BCUT2D eigenvalue weighted by atomic mass is 19.1. The van der Waals surface area contributed by atoms with Crippen molar-refractivity contribution in [3.63, 3.8) is 0 Å². The maximum Gasteiger partial charge on any atom is 0.224 e. The number of hydrogen-bond acceptors (Lipinski definition) is 5. The lowest BCUT2D eigenvalue weighted by molar-refractivity contribution is -0.135. The number of amides is 1. The summed E-state index contributed by atoms with van der Waals surface area (Å²) in [5, 5.41) is 0. The molecule has 0 bridgehead atoms. The first-order chi connectivity index (χ1) is 12.1. The summed E-state index contributed by atoms with van der Waals surface area (Å²) in [6, 6.07) is 6.47. The monoisotopic (exact) mass is 340 g/mol. The van der Waals surface area contributed by atoms with Gasteiger partial charge in [0.15, 0.2) is 11.5 Å². The molecule has 2 N–H and O–H groups in total. The molecule has 1 saturated heterocycles. The summed E-state index contributed by atoms with van der Waals surface area (Å²) >= 11 is 0. The van der Waals surface area contributed by atoms with Crippen LogP contribution >= 0.6 is 0 Å². The Morgan fingerprint density at radius 3 is 2.72 bits per heavy atom. The highest BCUT2D eigenvalue weighted by Gasteiger charge is 2.31. The average molecular weight is 340 g/mol. The number of nitrogen functional groups attached to an aromatic ring is 1. The first kappa shape index (κ1) is 15.5. The normalized spacial score (nSPS) is 14.7. The molecule has 0 radical (unpaired) electrons. The number of aryl methyl sites for hydroxylation is 1. The number of imidazole rings is 1. The molecule has 25 heavy (non-hydrogen) atoms. The minimum absolute atomic E-state index is 0.0854. The van der Waals surface area contributed by atoms with Gasteiger partial charge in [-0.25, -0.2) is 19.3 Å². The Balaban J connectivity index is 1.34. The Hall–Kier alpha value is -3.03. The van der Waals surface area contributed by atoms with Gasteiger partial charge < -0.3 is 15.2 Å². The van der Waals surface area contributed by atoms with Crippen LogP contribution < -0.4 is 5.73 Å². The number of benzene rings is 1. The van der Waals surface area contributed by atoms with Gasteiger partial charge in [0.2, 0.25) is 5.91 Å². The van der Waals surface area contributed by atoms with Crippen molar-refractivity contribution in [2.75, 3.05) is 18.8 Å². The summed E-state index contributed by atoms with van der Waals surface area (Å²) in [6.07, 6.45) is 3.38. The van der Waals surface area contributed by atoms with Crippen LogP contribution in [0.25, 0.3) is 11.2 Å². The molecule has 1 fully saturated rings. The molecule has 4 rings (SSSR count). The van der Waals surface area contributed by atoms with E-state index in [4.69, 9.17) is 5.73 Å². The lowest BCUT2D eigenvalue weighted by Crippen LogP contribution is -2.48. The van der Waals surface area contributed by atoms with Gasteiger partial charge in [-0.3, -0.25) is 4.79 Å². The number of aromatic nitrogens is 4. The van der Waals surface area contributed by atoms with Crippen molar-refractivity contribution in [1.82, 2.24) is 24.4 Å². The summed E-state index contributed by atoms with van der Waals surface area (Å²) in [4.78, 5) is 26.4. The van der Waals surface area contributed by atoms with E-state index in [0.717, 1.165) is 5.56 Å². The molecule has 0 aliphatic carbocycles. The van der Waals surface area contributed by atoms with Gasteiger partial charge in [0.05, 0.1) is 6.33 Å². The van der Waals surface area contributed by atoms with Crippen molar-refractivity contribution >= 4 is 22.9 Å². The Kier molecular flexibility index (Phi) is 3.79. The van der Waals surface area contributed by atoms with E-state index in [1.807, 2.05) is 9.47 Å². The zero-order valence-corrected chi connectivity index (χ0v) is 13.5. The van der Waals surface area contributed by atoms with Crippen LogP contribution in [0.1, 0.15) is 17.9 Å². The largest absolute Gasteiger partial charge is 0.382 e. The van der Waals surface area contributed by atoms with Gasteiger partial charge in [-0.15, -0.1) is 0 Å². The first-order valence-electron chi connectivity index (χ1n) is 8.06. The van der Waals surface area contributed by atoms with Crippen LogP contribution in [0.3, 0.4) is 0 Å². The molecule has 8 heteroatoms. The number of fused-ring (bicyclic) bond motifs is 1. The molecule has 0 saturated carbocycles. The quantitative estimate of drug-likeness (QED) is 0.778. The van der Waals surface area contributed by atoms with E-state index < -0.39 is 0 Å². The highest BCUT2D eigenvalue weighted by molar-refractivity contribution is 5.81. The van der Waals surface area contributed by atoms with Crippen LogP contribution in [0.2, 0.25) is 0 Å². The van der Waals surface area contributed by atoms with Crippen LogP contribution in [0.4, 0.5) is 10.2 Å². The number of carbonyl (C=O) groups excluding carboxylic acids is 1. The SMILES string of the molecule is Nc1ncnc2c1ncn2CCC(=O)N1CC(c2ccc(F)cc2)C1. The minimum Gasteiger partial charge on any atom is -0.382 e. The van der Waals surface area contributed by atoms with Gasteiger partial charge in [-0.2, -0.15) is 0 Å². The van der Waals surface area contributed by atoms with Gasteiger partial charge in [-0.1, -0.05) is 12.1 Å². The van der Waals surface area contributed by atoms with Gasteiger partial charge in [-0.05, 0) is 17.7 Å². The number of carbonyl (C=O) groups is 1. The van der Waals surface area contributed by atoms with E-state index in [1.165, 1.54) is 18.5 Å². The number of halogens is 1. The predicted molar refractivity (Wildman–Crippen MR) is 90.1 cm³/mol. The lowest BCUT2D eigenvalue weighted by Gasteiger charge is -2.39. The minimum atomic E-state index is -0.243. The molecule has 0 atom stereocenters. The maximum absolute atomic E-state index is 13.0. The third-order valence-corrected chi connectivity index (χ3v) is 4.57. The van der Waals surface area contributed by atoms with Gasteiger partial charge >= 0.3 is 0 Å². The van der Waals surface area contributed by atoms with Crippen molar-refractivity contribution < 1.29 is 9.18 Å². The number of nitrogens with two attached hydrogens (primary N) is 1. The van der Waals surface area contributed by atoms with Gasteiger partial charge in [0.1, 0.15) is 17.7 Å². The number of anilines is 1. The zero-order valence-electron chi connectivity index (χ0n) is 13.5. The third kappa shape index (κ3) is 2.90. The van der Waals surface area contributed by atoms with E-state index in [-0.39, 0.29) is 17.6 Å². The van der Waals surface area contributed by atoms with E-state index in [9.17, 15) is 9.18 Å². The summed E-state index contributed by atoms with van der Waals surface area (Å²) in [5.41, 5.74) is 8.01. The molecule has 0 spiro atoms. The topological polar surface area (TPSA) is 89.9 Å². The van der Waals surface area contributed by atoms with Crippen LogP contribution in [-0.4, -0.2) is 43.4 Å². The maximum atomic E-state index is 13.0. The van der Waals surface area contributed by atoms with Gasteiger partial charge in [0, 0.05) is 32.0 Å². The van der Waals surface area contributed by atoms with Crippen LogP contribution in [0.5, 0.6) is 0 Å². The molecule has 0 unspecified atom stereocenters. The molecule has 1 aliphatic rings. The molecule has 1 aliphatic heterocycles. The number of likely N-dealkylation sites (tertiary alicyclic amines) is 1. The lowest BCUT2D eigenvalue weighted by atomic mass is 9.91.